The molecule has 1 saturated carbocycles. The number of ether oxygens (including phenoxy) is 2. The molecule has 0 radical (unpaired) electrons. The molecule has 0 amide bonds. The highest BCUT2D eigenvalue weighted by Gasteiger charge is 2.43. The van der Waals surface area contributed by atoms with Gasteiger partial charge in [-0.3, -0.25) is 0 Å². The monoisotopic (exact) mass is 392 g/mol. The fraction of sp³-hybridized carbons (Fsp3) is 0.429. The van der Waals surface area contributed by atoms with E-state index in [0.717, 1.165) is 11.1 Å². The van der Waals surface area contributed by atoms with Gasteiger partial charge in [-0.15, -0.1) is 0 Å². The van der Waals surface area contributed by atoms with Crippen LogP contribution in [0.5, 0.6) is 11.5 Å². The Morgan fingerprint density at radius 2 is 1.75 bits per heavy atom. The molecule has 0 spiro atoms. The summed E-state index contributed by atoms with van der Waals surface area (Å²) in [5, 5.41) is 39.7. The van der Waals surface area contributed by atoms with Gasteiger partial charge in [0, 0.05) is 18.9 Å². The van der Waals surface area contributed by atoms with Crippen LogP contribution in [0.2, 0.25) is 0 Å². The van der Waals surface area contributed by atoms with E-state index < -0.39 is 36.2 Å². The zero-order valence-corrected chi connectivity index (χ0v) is 15.5. The van der Waals surface area contributed by atoms with Gasteiger partial charge < -0.3 is 29.9 Å². The summed E-state index contributed by atoms with van der Waals surface area (Å²) in [4.78, 5) is 0. The van der Waals surface area contributed by atoms with E-state index >= 15 is 0 Å². The van der Waals surface area contributed by atoms with E-state index in [1.165, 1.54) is 13.2 Å². The lowest BCUT2D eigenvalue weighted by atomic mass is 9.81. The van der Waals surface area contributed by atoms with Gasteiger partial charge >= 0.3 is 0 Å². The van der Waals surface area contributed by atoms with Crippen molar-refractivity contribution in [2.24, 2.45) is 5.92 Å². The fourth-order valence-corrected chi connectivity index (χ4v) is 3.55. The van der Waals surface area contributed by atoms with E-state index in [1.54, 1.807) is 24.3 Å². The van der Waals surface area contributed by atoms with Crippen molar-refractivity contribution in [3.63, 3.8) is 0 Å². The highest BCUT2D eigenvalue weighted by atomic mass is 19.1. The van der Waals surface area contributed by atoms with Crippen molar-refractivity contribution >= 4 is 0 Å². The van der Waals surface area contributed by atoms with Crippen LogP contribution in [-0.2, 0) is 6.42 Å². The van der Waals surface area contributed by atoms with Crippen LogP contribution in [0.25, 0.3) is 0 Å². The summed E-state index contributed by atoms with van der Waals surface area (Å²) < 4.78 is 24.9. The van der Waals surface area contributed by atoms with Gasteiger partial charge in [-0.25, -0.2) is 4.39 Å². The predicted octanol–water partition coefficient (Wildman–Crippen LogP) is 1.27. The number of rotatable bonds is 6. The molecule has 28 heavy (non-hydrogen) atoms. The van der Waals surface area contributed by atoms with Crippen molar-refractivity contribution in [2.75, 3.05) is 13.7 Å². The molecule has 0 aliphatic heterocycles. The first-order chi connectivity index (χ1) is 13.4. The first-order valence-corrected chi connectivity index (χ1v) is 9.16. The Hall–Kier alpha value is -2.19. The fourth-order valence-electron chi connectivity index (χ4n) is 3.55. The minimum Gasteiger partial charge on any atom is -0.494 e. The van der Waals surface area contributed by atoms with Gasteiger partial charge in [-0.05, 0) is 35.7 Å². The normalized spacial score (nSPS) is 27.4. The van der Waals surface area contributed by atoms with Crippen molar-refractivity contribution in [1.82, 2.24) is 0 Å². The molecule has 2 aromatic carbocycles. The first kappa shape index (κ1) is 20.5. The molecule has 3 rings (SSSR count). The van der Waals surface area contributed by atoms with Gasteiger partial charge in [-0.1, -0.05) is 24.3 Å². The van der Waals surface area contributed by atoms with Crippen LogP contribution in [-0.4, -0.2) is 58.6 Å². The molecule has 7 heteroatoms. The molecule has 152 valence electrons. The molecule has 1 fully saturated rings. The largest absolute Gasteiger partial charge is 0.494 e. The Labute approximate surface area is 162 Å². The number of halogens is 1. The van der Waals surface area contributed by atoms with E-state index in [0.29, 0.717) is 12.2 Å². The van der Waals surface area contributed by atoms with Crippen LogP contribution in [0.1, 0.15) is 17.5 Å². The van der Waals surface area contributed by atoms with Gasteiger partial charge in [0.15, 0.2) is 11.6 Å². The average Bonchev–Trinajstić information content (AvgIpc) is 2.70. The van der Waals surface area contributed by atoms with Crippen LogP contribution in [0.4, 0.5) is 4.39 Å². The number of methoxy groups -OCH3 is 1. The second-order valence-electron chi connectivity index (χ2n) is 7.06. The summed E-state index contributed by atoms with van der Waals surface area (Å²) in [6.07, 6.45) is -4.10. The van der Waals surface area contributed by atoms with E-state index in [2.05, 4.69) is 0 Å². The molecule has 4 N–H and O–H groups in total. The number of hydrogen-bond donors (Lipinski definition) is 4. The second-order valence-corrected chi connectivity index (χ2v) is 7.06. The molecule has 2 aromatic rings. The Kier molecular flexibility index (Phi) is 6.51. The quantitative estimate of drug-likeness (QED) is 0.591. The predicted molar refractivity (Wildman–Crippen MR) is 99.8 cm³/mol. The maximum absolute atomic E-state index is 14.0. The second kappa shape index (κ2) is 8.87. The lowest BCUT2D eigenvalue weighted by molar-refractivity contribution is -0.157. The highest BCUT2D eigenvalue weighted by molar-refractivity contribution is 5.39. The molecule has 0 heterocycles. The van der Waals surface area contributed by atoms with Crippen LogP contribution in [0, 0.1) is 11.7 Å². The van der Waals surface area contributed by atoms with Crippen molar-refractivity contribution < 1.29 is 34.3 Å². The van der Waals surface area contributed by atoms with Crippen molar-refractivity contribution in [3.05, 3.63) is 59.4 Å². The van der Waals surface area contributed by atoms with Gasteiger partial charge in [0.2, 0.25) is 0 Å². The number of benzene rings is 2. The molecule has 1 aliphatic rings. The van der Waals surface area contributed by atoms with E-state index in [1.807, 2.05) is 12.1 Å². The molecule has 6 nitrogen and oxygen atoms in total. The maximum atomic E-state index is 14.0. The van der Waals surface area contributed by atoms with E-state index in [9.17, 15) is 24.8 Å². The topological polar surface area (TPSA) is 99.4 Å². The Morgan fingerprint density at radius 3 is 2.43 bits per heavy atom. The highest BCUT2D eigenvalue weighted by Crippen LogP contribution is 2.31. The summed E-state index contributed by atoms with van der Waals surface area (Å²) in [6, 6.07) is 11.9. The van der Waals surface area contributed by atoms with E-state index in [4.69, 9.17) is 9.47 Å². The van der Waals surface area contributed by atoms with Crippen LogP contribution in [0.3, 0.4) is 0 Å². The summed E-state index contributed by atoms with van der Waals surface area (Å²) in [7, 11) is 1.40. The molecule has 0 unspecified atom stereocenters. The Balaban J connectivity index is 1.79. The molecular weight excluding hydrogens is 367 g/mol. The molecule has 5 atom stereocenters. The molecule has 0 bridgehead atoms. The average molecular weight is 392 g/mol. The number of para-hydroxylation sites is 1. The van der Waals surface area contributed by atoms with Crippen molar-refractivity contribution in [3.8, 4) is 11.5 Å². The van der Waals surface area contributed by atoms with Gasteiger partial charge in [0.1, 0.15) is 24.1 Å². The summed E-state index contributed by atoms with van der Waals surface area (Å²) >= 11 is 0. The minimum atomic E-state index is -1.40. The third-order valence-electron chi connectivity index (χ3n) is 5.20. The van der Waals surface area contributed by atoms with Gasteiger partial charge in [0.25, 0.3) is 0 Å². The van der Waals surface area contributed by atoms with Crippen LogP contribution < -0.4 is 9.47 Å². The molecule has 1 aliphatic carbocycles. The zero-order chi connectivity index (χ0) is 20.3. The Morgan fingerprint density at radius 1 is 1.00 bits per heavy atom. The minimum absolute atomic E-state index is 0.168. The first-order valence-electron chi connectivity index (χ1n) is 9.16. The summed E-state index contributed by atoms with van der Waals surface area (Å²) in [5.41, 5.74) is 1.50. The van der Waals surface area contributed by atoms with Crippen molar-refractivity contribution in [2.45, 2.75) is 37.3 Å². The van der Waals surface area contributed by atoms with Gasteiger partial charge in [0.05, 0.1) is 13.2 Å². The summed E-state index contributed by atoms with van der Waals surface area (Å²) in [6.45, 7) is -0.322. The van der Waals surface area contributed by atoms with Crippen molar-refractivity contribution in [1.29, 1.82) is 0 Å². The molecular formula is C21H25FO6. The number of aliphatic hydroxyl groups is 4. The smallest absolute Gasteiger partial charge is 0.165 e. The standard InChI is InChI=1S/C21H25FO6/c1-27-17-7-6-12(9-15(17)22)8-13-4-2-3-5-16(13)28-18-10-14(11-23)19(24)21(26)20(18)25/h2-7,9,14,18-21,23-26H,8,10-11H2,1H3/t14-,18-,19-,20+,21+/m1/s1. The lowest BCUT2D eigenvalue weighted by Gasteiger charge is -2.39. The van der Waals surface area contributed by atoms with Gasteiger partial charge in [-0.2, -0.15) is 0 Å². The third-order valence-corrected chi connectivity index (χ3v) is 5.20. The van der Waals surface area contributed by atoms with E-state index in [-0.39, 0.29) is 18.8 Å². The number of aliphatic hydroxyl groups excluding tert-OH is 4. The lowest BCUT2D eigenvalue weighted by Crippen LogP contribution is -2.56. The zero-order valence-electron chi connectivity index (χ0n) is 15.5. The summed E-state index contributed by atoms with van der Waals surface area (Å²) in [5.74, 6) is -0.389. The van der Waals surface area contributed by atoms with Crippen LogP contribution >= 0.6 is 0 Å². The van der Waals surface area contributed by atoms with Crippen LogP contribution in [0.15, 0.2) is 42.5 Å². The Bertz CT molecular complexity index is 796. The molecule has 0 saturated heterocycles. The number of hydrogen-bond acceptors (Lipinski definition) is 6. The SMILES string of the molecule is COc1ccc(Cc2ccccc2O[C@@H]2C[C@H](CO)[C@@H](O)[C@H](O)[C@H]2O)cc1F. The maximum Gasteiger partial charge on any atom is 0.165 e. The molecule has 0 aromatic heterocycles. The third kappa shape index (κ3) is 4.28.